The molecule has 104 valence electrons. The first-order valence-electron chi connectivity index (χ1n) is 7.72. The highest BCUT2D eigenvalue weighted by Crippen LogP contribution is 2.22. The van der Waals surface area contributed by atoms with Crippen molar-refractivity contribution < 1.29 is 4.79 Å². The molecule has 0 spiro atoms. The number of amides is 1. The van der Waals surface area contributed by atoms with E-state index < -0.39 is 0 Å². The molecule has 0 saturated carbocycles. The number of carbonyl (C=O) groups is 1. The maximum Gasteiger partial charge on any atom is 0.222 e. The van der Waals surface area contributed by atoms with Gasteiger partial charge in [-0.25, -0.2) is 0 Å². The number of nitrogens with zero attached hydrogens (tertiary/aromatic N) is 2. The molecule has 0 aromatic rings. The molecule has 1 amide bonds. The van der Waals surface area contributed by atoms with Crippen molar-refractivity contribution >= 4 is 5.91 Å². The number of rotatable bonds is 4. The van der Waals surface area contributed by atoms with Gasteiger partial charge < -0.3 is 9.80 Å². The fraction of sp³-hybridized carbons (Fsp3) is 0.933. The minimum Gasteiger partial charge on any atom is -0.338 e. The summed E-state index contributed by atoms with van der Waals surface area (Å²) in [5.74, 6) is 1.27. The Morgan fingerprint density at radius 2 is 1.89 bits per heavy atom. The van der Waals surface area contributed by atoms with Gasteiger partial charge in [0, 0.05) is 25.6 Å². The Morgan fingerprint density at radius 3 is 2.56 bits per heavy atom. The predicted octanol–water partition coefficient (Wildman–Crippen LogP) is 2.51. The molecule has 0 N–H and O–H groups in total. The van der Waals surface area contributed by atoms with Crippen molar-refractivity contribution in [2.24, 2.45) is 5.92 Å². The van der Waals surface area contributed by atoms with E-state index in [1.807, 2.05) is 0 Å². The summed E-state index contributed by atoms with van der Waals surface area (Å²) in [6.45, 7) is 9.01. The summed E-state index contributed by atoms with van der Waals surface area (Å²) in [4.78, 5) is 16.8. The van der Waals surface area contributed by atoms with Gasteiger partial charge in [0.05, 0.1) is 0 Å². The van der Waals surface area contributed by atoms with Crippen LogP contribution in [0.3, 0.4) is 0 Å². The van der Waals surface area contributed by atoms with E-state index in [-0.39, 0.29) is 0 Å². The third-order valence-corrected chi connectivity index (χ3v) is 4.51. The van der Waals surface area contributed by atoms with Crippen molar-refractivity contribution in [3.63, 3.8) is 0 Å². The van der Waals surface area contributed by atoms with Gasteiger partial charge in [-0.05, 0) is 51.1 Å². The lowest BCUT2D eigenvalue weighted by molar-refractivity contribution is -0.132. The van der Waals surface area contributed by atoms with Gasteiger partial charge in [0.1, 0.15) is 0 Å². The molecule has 0 bridgehead atoms. The zero-order chi connectivity index (χ0) is 13.0. The second-order valence-electron chi connectivity index (χ2n) is 6.12. The van der Waals surface area contributed by atoms with E-state index in [1.54, 1.807) is 0 Å². The SMILES string of the molecule is CCCC(=O)N1CCCC1CN1CCC(C)CC1. The Labute approximate surface area is 112 Å². The zero-order valence-corrected chi connectivity index (χ0v) is 12.0. The van der Waals surface area contributed by atoms with Gasteiger partial charge in [-0.2, -0.15) is 0 Å². The molecule has 2 aliphatic rings. The average Bonchev–Trinajstić information content (AvgIpc) is 2.81. The van der Waals surface area contributed by atoms with E-state index in [2.05, 4.69) is 23.6 Å². The van der Waals surface area contributed by atoms with Crippen LogP contribution < -0.4 is 0 Å². The molecule has 3 nitrogen and oxygen atoms in total. The molecule has 0 aliphatic carbocycles. The third kappa shape index (κ3) is 3.47. The average molecular weight is 252 g/mol. The first-order valence-corrected chi connectivity index (χ1v) is 7.72. The highest BCUT2D eigenvalue weighted by Gasteiger charge is 2.30. The lowest BCUT2D eigenvalue weighted by Crippen LogP contribution is -2.45. The molecule has 2 heterocycles. The predicted molar refractivity (Wildman–Crippen MR) is 74.5 cm³/mol. The van der Waals surface area contributed by atoms with Crippen molar-refractivity contribution in [2.75, 3.05) is 26.2 Å². The molecular formula is C15H28N2O. The van der Waals surface area contributed by atoms with Crippen molar-refractivity contribution in [1.29, 1.82) is 0 Å². The Bertz CT molecular complexity index is 272. The van der Waals surface area contributed by atoms with Crippen molar-refractivity contribution in [1.82, 2.24) is 9.80 Å². The smallest absolute Gasteiger partial charge is 0.222 e. The topological polar surface area (TPSA) is 23.6 Å². The lowest BCUT2D eigenvalue weighted by atomic mass is 9.98. The van der Waals surface area contributed by atoms with Crippen LogP contribution >= 0.6 is 0 Å². The summed E-state index contributed by atoms with van der Waals surface area (Å²) < 4.78 is 0. The molecule has 0 radical (unpaired) electrons. The van der Waals surface area contributed by atoms with Gasteiger partial charge in [0.25, 0.3) is 0 Å². The second-order valence-corrected chi connectivity index (χ2v) is 6.12. The standard InChI is InChI=1S/C15H28N2O/c1-3-5-15(18)17-9-4-6-14(17)12-16-10-7-13(2)8-11-16/h13-14H,3-12H2,1-2H3. The van der Waals surface area contributed by atoms with E-state index in [0.717, 1.165) is 31.8 Å². The van der Waals surface area contributed by atoms with E-state index in [9.17, 15) is 4.79 Å². The monoisotopic (exact) mass is 252 g/mol. The van der Waals surface area contributed by atoms with Crippen LogP contribution in [-0.2, 0) is 4.79 Å². The van der Waals surface area contributed by atoms with Gasteiger partial charge >= 0.3 is 0 Å². The maximum atomic E-state index is 12.1. The molecule has 18 heavy (non-hydrogen) atoms. The molecule has 3 heteroatoms. The molecule has 1 unspecified atom stereocenters. The minimum atomic E-state index is 0.380. The molecule has 0 aromatic carbocycles. The molecule has 0 aromatic heterocycles. The number of hydrogen-bond acceptors (Lipinski definition) is 2. The molecule has 1 atom stereocenters. The highest BCUT2D eigenvalue weighted by molar-refractivity contribution is 5.76. The summed E-state index contributed by atoms with van der Waals surface area (Å²) in [5.41, 5.74) is 0. The summed E-state index contributed by atoms with van der Waals surface area (Å²) >= 11 is 0. The Kier molecular flexibility index (Phi) is 5.04. The van der Waals surface area contributed by atoms with Gasteiger partial charge in [-0.1, -0.05) is 13.8 Å². The Hall–Kier alpha value is -0.570. The molecule has 2 saturated heterocycles. The number of piperidine rings is 1. The van der Waals surface area contributed by atoms with Crippen LogP contribution in [-0.4, -0.2) is 47.9 Å². The van der Waals surface area contributed by atoms with Crippen molar-refractivity contribution in [3.8, 4) is 0 Å². The van der Waals surface area contributed by atoms with Crippen LogP contribution in [0.15, 0.2) is 0 Å². The third-order valence-electron chi connectivity index (χ3n) is 4.51. The normalized spacial score (nSPS) is 26.8. The Balaban J connectivity index is 1.82. The van der Waals surface area contributed by atoms with Crippen LogP contribution in [0.25, 0.3) is 0 Å². The van der Waals surface area contributed by atoms with Crippen LogP contribution in [0.5, 0.6) is 0 Å². The maximum absolute atomic E-state index is 12.1. The van der Waals surface area contributed by atoms with E-state index in [1.165, 1.54) is 38.8 Å². The molecular weight excluding hydrogens is 224 g/mol. The second kappa shape index (κ2) is 6.55. The van der Waals surface area contributed by atoms with Gasteiger partial charge in [0.2, 0.25) is 5.91 Å². The van der Waals surface area contributed by atoms with Crippen LogP contribution in [0.4, 0.5) is 0 Å². The van der Waals surface area contributed by atoms with E-state index >= 15 is 0 Å². The lowest BCUT2D eigenvalue weighted by Gasteiger charge is -2.34. The fourth-order valence-corrected chi connectivity index (χ4v) is 3.25. The van der Waals surface area contributed by atoms with Crippen molar-refractivity contribution in [2.45, 2.75) is 58.4 Å². The fourth-order valence-electron chi connectivity index (χ4n) is 3.25. The summed E-state index contributed by atoms with van der Waals surface area (Å²) in [6.07, 6.45) is 6.77. The number of carbonyl (C=O) groups excluding carboxylic acids is 1. The minimum absolute atomic E-state index is 0.380. The van der Waals surface area contributed by atoms with Gasteiger partial charge in [-0.3, -0.25) is 4.79 Å². The van der Waals surface area contributed by atoms with E-state index in [0.29, 0.717) is 11.9 Å². The summed E-state index contributed by atoms with van der Waals surface area (Å²) in [6, 6.07) is 0.498. The first-order chi connectivity index (χ1) is 8.70. The highest BCUT2D eigenvalue weighted by atomic mass is 16.2. The first kappa shape index (κ1) is 13.9. The van der Waals surface area contributed by atoms with Crippen LogP contribution in [0.2, 0.25) is 0 Å². The number of likely N-dealkylation sites (tertiary alicyclic amines) is 2. The number of hydrogen-bond donors (Lipinski definition) is 0. The largest absolute Gasteiger partial charge is 0.338 e. The van der Waals surface area contributed by atoms with E-state index in [4.69, 9.17) is 0 Å². The zero-order valence-electron chi connectivity index (χ0n) is 12.0. The Morgan fingerprint density at radius 1 is 1.17 bits per heavy atom. The van der Waals surface area contributed by atoms with Gasteiger partial charge in [-0.15, -0.1) is 0 Å². The summed E-state index contributed by atoms with van der Waals surface area (Å²) in [5, 5.41) is 0. The van der Waals surface area contributed by atoms with Crippen LogP contribution in [0.1, 0.15) is 52.4 Å². The molecule has 2 aliphatic heterocycles. The van der Waals surface area contributed by atoms with Gasteiger partial charge in [0.15, 0.2) is 0 Å². The quantitative estimate of drug-likeness (QED) is 0.767. The summed E-state index contributed by atoms with van der Waals surface area (Å²) in [7, 11) is 0. The van der Waals surface area contributed by atoms with Crippen molar-refractivity contribution in [3.05, 3.63) is 0 Å². The van der Waals surface area contributed by atoms with Crippen LogP contribution in [0, 0.1) is 5.92 Å². The molecule has 2 fully saturated rings. The molecule has 2 rings (SSSR count).